The lowest BCUT2D eigenvalue weighted by Crippen LogP contribution is -2.31. The Morgan fingerprint density at radius 2 is 1.40 bits per heavy atom. The lowest BCUT2D eigenvalue weighted by Gasteiger charge is -2.19. The Kier molecular flexibility index (Phi) is 6.64. The van der Waals surface area contributed by atoms with Crippen LogP contribution in [0.3, 0.4) is 0 Å². The molecule has 3 rings (SSSR count). The monoisotopic (exact) mass is 422 g/mol. The van der Waals surface area contributed by atoms with Gasteiger partial charge >= 0.3 is 0 Å². The number of amides is 2. The van der Waals surface area contributed by atoms with E-state index in [0.29, 0.717) is 11.3 Å². The van der Waals surface area contributed by atoms with E-state index in [4.69, 9.17) is 0 Å². The van der Waals surface area contributed by atoms with Crippen molar-refractivity contribution in [1.29, 1.82) is 0 Å². The van der Waals surface area contributed by atoms with Gasteiger partial charge in [0, 0.05) is 17.5 Å². The lowest BCUT2D eigenvalue weighted by atomic mass is 10.0. The van der Waals surface area contributed by atoms with E-state index < -0.39 is 15.9 Å². The molecule has 0 bridgehead atoms. The average molecular weight is 423 g/mol. The normalized spacial score (nSPS) is 12.0. The largest absolute Gasteiger partial charge is 0.345 e. The van der Waals surface area contributed by atoms with Gasteiger partial charge in [-0.3, -0.25) is 9.59 Å². The first-order valence-electron chi connectivity index (χ1n) is 9.34. The highest BCUT2D eigenvalue weighted by Gasteiger charge is 2.19. The molecule has 0 aliphatic heterocycles. The summed E-state index contributed by atoms with van der Waals surface area (Å²) < 4.78 is 23.1. The molecule has 3 aromatic rings. The zero-order valence-corrected chi connectivity index (χ0v) is 17.2. The van der Waals surface area contributed by atoms with Crippen LogP contribution in [0.5, 0.6) is 0 Å². The summed E-state index contributed by atoms with van der Waals surface area (Å²) in [5.41, 5.74) is 1.80. The summed E-state index contributed by atoms with van der Waals surface area (Å²) in [5.74, 6) is -0.570. The van der Waals surface area contributed by atoms with Crippen LogP contribution in [0, 0.1) is 0 Å². The molecule has 1 atom stereocenters. The van der Waals surface area contributed by atoms with Crippen molar-refractivity contribution in [2.45, 2.75) is 17.4 Å². The van der Waals surface area contributed by atoms with Gasteiger partial charge in [0.1, 0.15) is 0 Å². The van der Waals surface area contributed by atoms with Gasteiger partial charge in [-0.15, -0.1) is 0 Å². The summed E-state index contributed by atoms with van der Waals surface area (Å²) >= 11 is 0. The van der Waals surface area contributed by atoms with Crippen LogP contribution in [0.15, 0.2) is 89.8 Å². The van der Waals surface area contributed by atoms with E-state index in [-0.39, 0.29) is 23.1 Å². The maximum Gasteiger partial charge on any atom is 0.251 e. The maximum absolute atomic E-state index is 12.6. The second-order valence-electron chi connectivity index (χ2n) is 6.85. The highest BCUT2D eigenvalue weighted by atomic mass is 32.2. The molecule has 0 aliphatic carbocycles. The summed E-state index contributed by atoms with van der Waals surface area (Å²) in [6.07, 6.45) is 1.15. The molecule has 0 radical (unpaired) electrons. The van der Waals surface area contributed by atoms with Crippen molar-refractivity contribution in [2.75, 3.05) is 11.6 Å². The second-order valence-corrected chi connectivity index (χ2v) is 8.87. The number of rotatable bonds is 7. The SMILES string of the molecule is CS(=O)(=O)c1ccc(NC(=O)CC(NC(=O)c2ccccc2)c2ccccc2)cc1. The fourth-order valence-electron chi connectivity index (χ4n) is 2.95. The fourth-order valence-corrected chi connectivity index (χ4v) is 3.58. The first-order chi connectivity index (χ1) is 14.3. The summed E-state index contributed by atoms with van der Waals surface area (Å²) in [5, 5.41) is 5.66. The van der Waals surface area contributed by atoms with Crippen molar-refractivity contribution in [1.82, 2.24) is 5.32 Å². The minimum absolute atomic E-state index is 0.0242. The van der Waals surface area contributed by atoms with Crippen molar-refractivity contribution in [3.63, 3.8) is 0 Å². The zero-order chi connectivity index (χ0) is 21.6. The van der Waals surface area contributed by atoms with Gasteiger partial charge in [-0.2, -0.15) is 0 Å². The number of carbonyl (C=O) groups is 2. The van der Waals surface area contributed by atoms with Gasteiger partial charge in [-0.1, -0.05) is 48.5 Å². The van der Waals surface area contributed by atoms with Crippen LogP contribution < -0.4 is 10.6 Å². The molecule has 0 saturated carbocycles. The number of hydrogen-bond donors (Lipinski definition) is 2. The topological polar surface area (TPSA) is 92.3 Å². The van der Waals surface area contributed by atoms with E-state index in [9.17, 15) is 18.0 Å². The molecule has 0 saturated heterocycles. The number of nitrogens with one attached hydrogen (secondary N) is 2. The van der Waals surface area contributed by atoms with E-state index in [1.54, 1.807) is 24.3 Å². The number of hydrogen-bond acceptors (Lipinski definition) is 4. The molecule has 0 spiro atoms. The van der Waals surface area contributed by atoms with Gasteiger partial charge in [0.2, 0.25) is 5.91 Å². The highest BCUT2D eigenvalue weighted by molar-refractivity contribution is 7.90. The smallest absolute Gasteiger partial charge is 0.251 e. The van der Waals surface area contributed by atoms with Gasteiger partial charge in [-0.25, -0.2) is 8.42 Å². The van der Waals surface area contributed by atoms with Crippen molar-refractivity contribution in [2.24, 2.45) is 0 Å². The minimum Gasteiger partial charge on any atom is -0.345 e. The Bertz CT molecular complexity index is 1110. The summed E-state index contributed by atoms with van der Waals surface area (Å²) in [6.45, 7) is 0. The third-order valence-electron chi connectivity index (χ3n) is 4.50. The number of benzene rings is 3. The molecular weight excluding hydrogens is 400 g/mol. The Labute approximate surface area is 175 Å². The molecule has 0 heterocycles. The van der Waals surface area contributed by atoms with Gasteiger partial charge in [0.25, 0.3) is 5.91 Å². The first kappa shape index (κ1) is 21.3. The zero-order valence-electron chi connectivity index (χ0n) is 16.4. The van der Waals surface area contributed by atoms with Crippen LogP contribution >= 0.6 is 0 Å². The van der Waals surface area contributed by atoms with Crippen molar-refractivity contribution >= 4 is 27.3 Å². The highest BCUT2D eigenvalue weighted by Crippen LogP contribution is 2.20. The van der Waals surface area contributed by atoms with E-state index in [1.807, 2.05) is 36.4 Å². The van der Waals surface area contributed by atoms with Crippen molar-refractivity contribution in [3.05, 3.63) is 96.1 Å². The summed E-state index contributed by atoms with van der Waals surface area (Å²) in [4.78, 5) is 25.4. The molecule has 0 fully saturated rings. The predicted octanol–water partition coefficient (Wildman–Crippen LogP) is 3.59. The standard InChI is InChI=1S/C23H22N2O4S/c1-30(28,29)20-14-12-19(13-15-20)24-22(26)16-21(17-8-4-2-5-9-17)25-23(27)18-10-6-3-7-11-18/h2-15,21H,16H2,1H3,(H,24,26)(H,25,27). The Morgan fingerprint density at radius 3 is 1.97 bits per heavy atom. The van der Waals surface area contributed by atoms with Gasteiger partial charge in [0.15, 0.2) is 9.84 Å². The first-order valence-corrected chi connectivity index (χ1v) is 11.2. The third-order valence-corrected chi connectivity index (χ3v) is 5.63. The quantitative estimate of drug-likeness (QED) is 0.609. The molecule has 0 aliphatic rings. The van der Waals surface area contributed by atoms with Crippen LogP contribution in [0.4, 0.5) is 5.69 Å². The number of carbonyl (C=O) groups excluding carboxylic acids is 2. The lowest BCUT2D eigenvalue weighted by molar-refractivity contribution is -0.116. The fraction of sp³-hybridized carbons (Fsp3) is 0.130. The second kappa shape index (κ2) is 9.37. The molecule has 7 heteroatoms. The van der Waals surface area contributed by atoms with Gasteiger partial charge in [0.05, 0.1) is 17.4 Å². The van der Waals surface area contributed by atoms with Crippen molar-refractivity contribution < 1.29 is 18.0 Å². The molecule has 1 unspecified atom stereocenters. The van der Waals surface area contributed by atoms with E-state index in [0.717, 1.165) is 11.8 Å². The molecule has 30 heavy (non-hydrogen) atoms. The Morgan fingerprint density at radius 1 is 0.833 bits per heavy atom. The number of anilines is 1. The van der Waals surface area contributed by atoms with Crippen molar-refractivity contribution in [3.8, 4) is 0 Å². The molecule has 3 aromatic carbocycles. The van der Waals surface area contributed by atoms with E-state index in [2.05, 4.69) is 10.6 Å². The maximum atomic E-state index is 12.6. The Balaban J connectivity index is 1.72. The molecular formula is C23H22N2O4S. The van der Waals surface area contributed by atoms with Crippen LogP contribution in [0.1, 0.15) is 28.4 Å². The van der Waals surface area contributed by atoms with Crippen LogP contribution in [-0.2, 0) is 14.6 Å². The van der Waals surface area contributed by atoms with Gasteiger partial charge < -0.3 is 10.6 Å². The number of sulfone groups is 1. The van der Waals surface area contributed by atoms with Gasteiger partial charge in [-0.05, 0) is 42.0 Å². The molecule has 154 valence electrons. The van der Waals surface area contributed by atoms with E-state index in [1.165, 1.54) is 24.3 Å². The third kappa shape index (κ3) is 5.78. The average Bonchev–Trinajstić information content (AvgIpc) is 2.74. The molecule has 0 aromatic heterocycles. The minimum atomic E-state index is -3.30. The van der Waals surface area contributed by atoms with Crippen LogP contribution in [0.2, 0.25) is 0 Å². The van der Waals surface area contributed by atoms with E-state index >= 15 is 0 Å². The Hall–Kier alpha value is -3.45. The molecule has 2 N–H and O–H groups in total. The summed E-state index contributed by atoms with van der Waals surface area (Å²) in [7, 11) is -3.30. The molecule has 6 nitrogen and oxygen atoms in total. The van der Waals surface area contributed by atoms with Crippen LogP contribution in [0.25, 0.3) is 0 Å². The van der Waals surface area contributed by atoms with Crippen LogP contribution in [-0.4, -0.2) is 26.5 Å². The molecule has 2 amide bonds. The summed E-state index contributed by atoms with van der Waals surface area (Å²) in [6, 6.07) is 23.5. The predicted molar refractivity (Wildman–Crippen MR) is 116 cm³/mol.